The van der Waals surface area contributed by atoms with Gasteiger partial charge in [-0.2, -0.15) is 0 Å². The topological polar surface area (TPSA) is 82.6 Å². The number of hydrogen-bond donors (Lipinski definition) is 3. The molecule has 154 valence electrons. The summed E-state index contributed by atoms with van der Waals surface area (Å²) in [4.78, 5) is 22.8. The first-order valence-corrected chi connectivity index (χ1v) is 11.3. The number of H-pyrrole nitrogens is 1. The molecule has 0 saturated heterocycles. The SMILES string of the molecule is CC(C)(C)[C@H]1CCc2c(sc3nc(C[NH2+]CCc4ccc(O)cc4)[nH]c(=O)c23)C1. The van der Waals surface area contributed by atoms with E-state index in [1.807, 2.05) is 12.1 Å². The Morgan fingerprint density at radius 2 is 2.03 bits per heavy atom. The molecule has 6 heteroatoms. The zero-order chi connectivity index (χ0) is 20.6. The van der Waals surface area contributed by atoms with Gasteiger partial charge in [-0.15, -0.1) is 11.3 Å². The molecule has 0 bridgehead atoms. The fourth-order valence-electron chi connectivity index (χ4n) is 4.23. The predicted molar refractivity (Wildman–Crippen MR) is 118 cm³/mol. The number of aryl methyl sites for hydroxylation is 1. The van der Waals surface area contributed by atoms with Crippen LogP contribution < -0.4 is 10.9 Å². The van der Waals surface area contributed by atoms with Gasteiger partial charge in [-0.05, 0) is 53.9 Å². The number of rotatable bonds is 5. The van der Waals surface area contributed by atoms with Crippen molar-refractivity contribution in [2.75, 3.05) is 6.54 Å². The summed E-state index contributed by atoms with van der Waals surface area (Å²) in [5.41, 5.74) is 2.74. The molecular formula is C23H30N3O2S+. The molecule has 1 aliphatic carbocycles. The Morgan fingerprint density at radius 3 is 2.76 bits per heavy atom. The highest BCUT2D eigenvalue weighted by Gasteiger charge is 2.31. The Kier molecular flexibility index (Phi) is 5.49. The highest BCUT2D eigenvalue weighted by molar-refractivity contribution is 7.18. The molecule has 4 rings (SSSR count). The van der Waals surface area contributed by atoms with Gasteiger partial charge in [0.2, 0.25) is 0 Å². The first-order chi connectivity index (χ1) is 13.8. The van der Waals surface area contributed by atoms with Crippen LogP contribution in [0.15, 0.2) is 29.1 Å². The lowest BCUT2D eigenvalue weighted by atomic mass is 9.72. The van der Waals surface area contributed by atoms with Gasteiger partial charge in [-0.25, -0.2) is 4.98 Å². The minimum atomic E-state index is 0.0173. The molecule has 0 unspecified atom stereocenters. The number of thiophene rings is 1. The van der Waals surface area contributed by atoms with E-state index in [0.717, 1.165) is 48.3 Å². The van der Waals surface area contributed by atoms with Crippen LogP contribution in [-0.4, -0.2) is 21.6 Å². The summed E-state index contributed by atoms with van der Waals surface area (Å²) >= 11 is 1.72. The Labute approximate surface area is 175 Å². The van der Waals surface area contributed by atoms with E-state index >= 15 is 0 Å². The number of aromatic hydroxyl groups is 1. The molecule has 0 aliphatic heterocycles. The van der Waals surface area contributed by atoms with Crippen LogP contribution in [0.1, 0.15) is 49.0 Å². The Bertz CT molecular complexity index is 1060. The van der Waals surface area contributed by atoms with E-state index in [2.05, 4.69) is 31.1 Å². The van der Waals surface area contributed by atoms with Crippen molar-refractivity contribution in [3.63, 3.8) is 0 Å². The number of phenols is 1. The standard InChI is InChI=1S/C23H29N3O2S/c1-23(2,3)15-6-9-17-18(12-15)29-22-20(17)21(28)25-19(26-22)13-24-11-10-14-4-7-16(27)8-5-14/h4-5,7-8,15,24,27H,6,9-13H2,1-3H3,(H,25,26,28)/p+1/t15-/m0/s1. The maximum absolute atomic E-state index is 12.8. The lowest BCUT2D eigenvalue weighted by Crippen LogP contribution is -2.83. The third kappa shape index (κ3) is 4.38. The maximum Gasteiger partial charge on any atom is 0.260 e. The summed E-state index contributed by atoms with van der Waals surface area (Å²) in [6.45, 7) is 8.50. The van der Waals surface area contributed by atoms with Crippen LogP contribution in [0.4, 0.5) is 0 Å². The number of nitrogens with zero attached hydrogens (tertiary/aromatic N) is 1. The summed E-state index contributed by atoms with van der Waals surface area (Å²) in [6.07, 6.45) is 4.11. The molecule has 29 heavy (non-hydrogen) atoms. The fraction of sp³-hybridized carbons (Fsp3) is 0.478. The molecule has 0 fully saturated rings. The molecule has 2 aromatic heterocycles. The van der Waals surface area contributed by atoms with Gasteiger partial charge in [0.25, 0.3) is 5.56 Å². The van der Waals surface area contributed by atoms with Crippen LogP contribution in [0.5, 0.6) is 5.75 Å². The molecule has 5 nitrogen and oxygen atoms in total. The minimum absolute atomic E-state index is 0.0173. The van der Waals surface area contributed by atoms with Crippen LogP contribution in [-0.2, 0) is 25.8 Å². The zero-order valence-electron chi connectivity index (χ0n) is 17.4. The molecule has 0 radical (unpaired) electrons. The van der Waals surface area contributed by atoms with Crippen molar-refractivity contribution < 1.29 is 10.4 Å². The highest BCUT2D eigenvalue weighted by Crippen LogP contribution is 2.41. The lowest BCUT2D eigenvalue weighted by Gasteiger charge is -2.33. The summed E-state index contributed by atoms with van der Waals surface area (Å²) in [5.74, 6) is 1.70. The number of quaternary nitrogens is 1. The molecule has 1 atom stereocenters. The predicted octanol–water partition coefficient (Wildman–Crippen LogP) is 3.15. The van der Waals surface area contributed by atoms with Crippen molar-refractivity contribution in [1.29, 1.82) is 0 Å². The van der Waals surface area contributed by atoms with E-state index in [1.54, 1.807) is 23.5 Å². The van der Waals surface area contributed by atoms with Gasteiger partial charge in [0.05, 0.1) is 11.9 Å². The van der Waals surface area contributed by atoms with Crippen LogP contribution in [0.25, 0.3) is 10.2 Å². The van der Waals surface area contributed by atoms with Gasteiger partial charge in [-0.3, -0.25) is 4.79 Å². The van der Waals surface area contributed by atoms with Crippen molar-refractivity contribution in [3.8, 4) is 5.75 Å². The van der Waals surface area contributed by atoms with Crippen LogP contribution in [0.3, 0.4) is 0 Å². The fourth-order valence-corrected chi connectivity index (χ4v) is 5.55. The van der Waals surface area contributed by atoms with Crippen LogP contribution in [0.2, 0.25) is 0 Å². The van der Waals surface area contributed by atoms with Crippen molar-refractivity contribution >= 4 is 21.6 Å². The second-order valence-electron chi connectivity index (χ2n) is 9.20. The number of nitrogens with two attached hydrogens (primary N) is 1. The van der Waals surface area contributed by atoms with Crippen molar-refractivity contribution in [1.82, 2.24) is 9.97 Å². The second kappa shape index (κ2) is 7.92. The smallest absolute Gasteiger partial charge is 0.260 e. The molecule has 1 aliphatic rings. The average Bonchev–Trinajstić information content (AvgIpc) is 3.04. The Balaban J connectivity index is 1.45. The summed E-state index contributed by atoms with van der Waals surface area (Å²) in [7, 11) is 0. The first kappa shape index (κ1) is 20.1. The maximum atomic E-state index is 12.8. The summed E-state index contributed by atoms with van der Waals surface area (Å²) in [5, 5.41) is 12.3. The number of phenolic OH excluding ortho intramolecular Hbond substituents is 1. The molecule has 0 saturated carbocycles. The van der Waals surface area contributed by atoms with Gasteiger partial charge in [0.15, 0.2) is 5.82 Å². The first-order valence-electron chi connectivity index (χ1n) is 10.4. The van der Waals surface area contributed by atoms with Gasteiger partial charge in [0, 0.05) is 11.3 Å². The van der Waals surface area contributed by atoms with E-state index in [-0.39, 0.29) is 5.56 Å². The largest absolute Gasteiger partial charge is 0.508 e. The Hall–Kier alpha value is -2.18. The minimum Gasteiger partial charge on any atom is -0.508 e. The third-order valence-electron chi connectivity index (χ3n) is 6.10. The van der Waals surface area contributed by atoms with Gasteiger partial charge < -0.3 is 15.4 Å². The van der Waals surface area contributed by atoms with Crippen molar-refractivity contribution in [2.24, 2.45) is 11.3 Å². The third-order valence-corrected chi connectivity index (χ3v) is 7.25. The molecule has 0 spiro atoms. The molecule has 0 amide bonds. The van der Waals surface area contributed by atoms with E-state index in [0.29, 0.717) is 23.6 Å². The van der Waals surface area contributed by atoms with E-state index in [4.69, 9.17) is 4.98 Å². The molecule has 1 aromatic carbocycles. The number of aromatic nitrogens is 2. The van der Waals surface area contributed by atoms with Crippen molar-refractivity contribution in [3.05, 3.63) is 56.4 Å². The quantitative estimate of drug-likeness (QED) is 0.563. The number of nitrogens with one attached hydrogen (secondary N) is 1. The number of fused-ring (bicyclic) bond motifs is 3. The number of hydrogen-bond acceptors (Lipinski definition) is 4. The number of benzene rings is 1. The van der Waals surface area contributed by atoms with Gasteiger partial charge in [-0.1, -0.05) is 32.9 Å². The molecule has 2 heterocycles. The van der Waals surface area contributed by atoms with E-state index in [1.165, 1.54) is 16.0 Å². The van der Waals surface area contributed by atoms with Gasteiger partial charge in [0.1, 0.15) is 17.1 Å². The van der Waals surface area contributed by atoms with Gasteiger partial charge >= 0.3 is 0 Å². The van der Waals surface area contributed by atoms with E-state index < -0.39 is 0 Å². The van der Waals surface area contributed by atoms with Crippen LogP contribution >= 0.6 is 11.3 Å². The molecule has 4 N–H and O–H groups in total. The van der Waals surface area contributed by atoms with E-state index in [9.17, 15) is 9.90 Å². The zero-order valence-corrected chi connectivity index (χ0v) is 18.2. The molecule has 3 aromatic rings. The summed E-state index contributed by atoms with van der Waals surface area (Å²) < 4.78 is 0. The monoisotopic (exact) mass is 412 g/mol. The average molecular weight is 413 g/mol. The number of aromatic amines is 1. The van der Waals surface area contributed by atoms with Crippen molar-refractivity contribution in [2.45, 2.75) is 53.0 Å². The Morgan fingerprint density at radius 1 is 1.28 bits per heavy atom. The molecular weight excluding hydrogens is 382 g/mol. The summed E-state index contributed by atoms with van der Waals surface area (Å²) in [6, 6.07) is 7.31. The normalized spacial score (nSPS) is 16.9. The second-order valence-corrected chi connectivity index (χ2v) is 10.3. The highest BCUT2D eigenvalue weighted by atomic mass is 32.1. The lowest BCUT2D eigenvalue weighted by molar-refractivity contribution is -0.671. The van der Waals surface area contributed by atoms with Crippen LogP contribution in [0, 0.1) is 11.3 Å².